The second-order valence-corrected chi connectivity index (χ2v) is 4.66. The van der Waals surface area contributed by atoms with Crippen LogP contribution in [-0.2, 0) is 11.2 Å². The van der Waals surface area contributed by atoms with E-state index in [2.05, 4.69) is 38.2 Å². The Morgan fingerprint density at radius 2 is 1.89 bits per heavy atom. The predicted octanol–water partition coefficient (Wildman–Crippen LogP) is 0.590. The third kappa shape index (κ3) is 3.82. The Balaban J connectivity index is 2.54. The highest BCUT2D eigenvalue weighted by Crippen LogP contribution is 2.15. The van der Waals surface area contributed by atoms with Crippen molar-refractivity contribution < 1.29 is 9.90 Å². The molecule has 1 amide bonds. The van der Waals surface area contributed by atoms with Crippen LogP contribution in [0.25, 0.3) is 0 Å². The normalized spacial score (nSPS) is 12.3. The van der Waals surface area contributed by atoms with Gasteiger partial charge in [-0.05, 0) is 49.4 Å². The molecule has 0 aromatic heterocycles. The van der Waals surface area contributed by atoms with Gasteiger partial charge in [-0.25, -0.2) is 0 Å². The predicted molar refractivity (Wildman–Crippen MR) is 72.4 cm³/mol. The minimum Gasteiger partial charge on any atom is -0.382 e. The molecule has 1 aromatic rings. The zero-order valence-electron chi connectivity index (χ0n) is 11.3. The van der Waals surface area contributed by atoms with E-state index in [0.717, 1.165) is 6.42 Å². The highest BCUT2D eigenvalue weighted by Gasteiger charge is 2.11. The molecule has 1 rings (SSSR count). The number of amides is 1. The minimum atomic E-state index is -1.11. The van der Waals surface area contributed by atoms with Crippen molar-refractivity contribution in [3.05, 3.63) is 34.4 Å². The van der Waals surface area contributed by atoms with Crippen LogP contribution >= 0.6 is 0 Å². The van der Waals surface area contributed by atoms with Gasteiger partial charge in [-0.1, -0.05) is 12.1 Å². The minimum absolute atomic E-state index is 0.0471. The van der Waals surface area contributed by atoms with E-state index in [-0.39, 0.29) is 6.54 Å². The molecule has 1 atom stereocenters. The lowest BCUT2D eigenvalue weighted by Gasteiger charge is -2.12. The molecule has 4 heteroatoms. The summed E-state index contributed by atoms with van der Waals surface area (Å²) in [4.78, 5) is 11.3. The first-order valence-corrected chi connectivity index (χ1v) is 6.18. The van der Waals surface area contributed by atoms with E-state index in [4.69, 9.17) is 5.73 Å². The van der Waals surface area contributed by atoms with Gasteiger partial charge in [-0.15, -0.1) is 0 Å². The number of nitrogens with one attached hydrogen (secondary N) is 1. The first-order valence-electron chi connectivity index (χ1n) is 6.18. The Morgan fingerprint density at radius 1 is 1.28 bits per heavy atom. The van der Waals surface area contributed by atoms with Crippen LogP contribution in [0.15, 0.2) is 12.1 Å². The van der Waals surface area contributed by atoms with Crippen LogP contribution in [0.4, 0.5) is 0 Å². The molecule has 0 aliphatic heterocycles. The van der Waals surface area contributed by atoms with Crippen LogP contribution in [0, 0.1) is 20.8 Å². The van der Waals surface area contributed by atoms with Crippen LogP contribution < -0.4 is 11.1 Å². The van der Waals surface area contributed by atoms with Crippen LogP contribution in [0.3, 0.4) is 0 Å². The number of benzene rings is 1. The molecular weight excluding hydrogens is 228 g/mol. The van der Waals surface area contributed by atoms with Gasteiger partial charge in [-0.3, -0.25) is 4.79 Å². The van der Waals surface area contributed by atoms with Gasteiger partial charge < -0.3 is 16.2 Å². The third-order valence-corrected chi connectivity index (χ3v) is 3.17. The standard InChI is InChI=1S/C14H22N2O2/c1-9-6-11(3)12(7-10(9)2)4-5-16-14(18)13(17)8-15/h6-7,13,17H,4-5,8,15H2,1-3H3,(H,16,18). The average molecular weight is 250 g/mol. The van der Waals surface area contributed by atoms with Gasteiger partial charge >= 0.3 is 0 Å². The van der Waals surface area contributed by atoms with Crippen molar-refractivity contribution in [2.75, 3.05) is 13.1 Å². The lowest BCUT2D eigenvalue weighted by atomic mass is 9.99. The van der Waals surface area contributed by atoms with E-state index in [1.165, 1.54) is 22.3 Å². The summed E-state index contributed by atoms with van der Waals surface area (Å²) in [6.45, 7) is 6.70. The van der Waals surface area contributed by atoms with Crippen molar-refractivity contribution in [3.63, 3.8) is 0 Å². The Hall–Kier alpha value is -1.39. The van der Waals surface area contributed by atoms with E-state index >= 15 is 0 Å². The monoisotopic (exact) mass is 250 g/mol. The molecule has 1 aromatic carbocycles. The molecule has 0 radical (unpaired) electrons. The number of aliphatic hydroxyl groups excluding tert-OH is 1. The van der Waals surface area contributed by atoms with Crippen LogP contribution in [0.5, 0.6) is 0 Å². The lowest BCUT2D eigenvalue weighted by molar-refractivity contribution is -0.128. The molecule has 0 fully saturated rings. The summed E-state index contributed by atoms with van der Waals surface area (Å²) in [5, 5.41) is 11.9. The summed E-state index contributed by atoms with van der Waals surface area (Å²) < 4.78 is 0. The molecule has 4 N–H and O–H groups in total. The second-order valence-electron chi connectivity index (χ2n) is 4.66. The maximum Gasteiger partial charge on any atom is 0.250 e. The summed E-state index contributed by atoms with van der Waals surface area (Å²) in [7, 11) is 0. The average Bonchev–Trinajstić information content (AvgIpc) is 2.34. The first-order chi connectivity index (χ1) is 8.45. The van der Waals surface area contributed by atoms with Gasteiger partial charge in [0.05, 0.1) is 0 Å². The van der Waals surface area contributed by atoms with E-state index < -0.39 is 12.0 Å². The summed E-state index contributed by atoms with van der Waals surface area (Å²) >= 11 is 0. The number of aliphatic hydroxyl groups is 1. The van der Waals surface area contributed by atoms with Gasteiger partial charge in [0.2, 0.25) is 5.91 Å². The molecular formula is C14H22N2O2. The quantitative estimate of drug-likeness (QED) is 0.716. The van der Waals surface area contributed by atoms with Crippen molar-refractivity contribution in [1.82, 2.24) is 5.32 Å². The zero-order chi connectivity index (χ0) is 13.7. The number of hydrogen-bond donors (Lipinski definition) is 3. The molecule has 0 saturated heterocycles. The Kier molecular flexibility index (Phi) is 5.31. The molecule has 0 saturated carbocycles. The smallest absolute Gasteiger partial charge is 0.250 e. The van der Waals surface area contributed by atoms with Gasteiger partial charge in [0, 0.05) is 13.1 Å². The van der Waals surface area contributed by atoms with Crippen LogP contribution in [0.2, 0.25) is 0 Å². The van der Waals surface area contributed by atoms with Gasteiger partial charge in [0.25, 0.3) is 0 Å². The number of carbonyl (C=O) groups is 1. The number of hydrogen-bond acceptors (Lipinski definition) is 3. The van der Waals surface area contributed by atoms with Crippen molar-refractivity contribution in [1.29, 1.82) is 0 Å². The number of rotatable bonds is 5. The Labute approximate surface area is 108 Å². The van der Waals surface area contributed by atoms with Gasteiger partial charge in [-0.2, -0.15) is 0 Å². The fraction of sp³-hybridized carbons (Fsp3) is 0.500. The highest BCUT2D eigenvalue weighted by atomic mass is 16.3. The second kappa shape index (κ2) is 6.52. The fourth-order valence-corrected chi connectivity index (χ4v) is 1.83. The third-order valence-electron chi connectivity index (χ3n) is 3.17. The molecule has 0 bridgehead atoms. The molecule has 0 spiro atoms. The van der Waals surface area contributed by atoms with Crippen LogP contribution in [0.1, 0.15) is 22.3 Å². The fourth-order valence-electron chi connectivity index (χ4n) is 1.83. The van der Waals surface area contributed by atoms with Crippen molar-refractivity contribution >= 4 is 5.91 Å². The summed E-state index contributed by atoms with van der Waals surface area (Å²) in [6.07, 6.45) is -0.346. The summed E-state index contributed by atoms with van der Waals surface area (Å²) in [5.74, 6) is -0.404. The van der Waals surface area contributed by atoms with Crippen molar-refractivity contribution in [3.8, 4) is 0 Å². The zero-order valence-corrected chi connectivity index (χ0v) is 11.3. The van der Waals surface area contributed by atoms with Crippen molar-refractivity contribution in [2.45, 2.75) is 33.3 Å². The van der Waals surface area contributed by atoms with E-state index in [1.807, 2.05) is 0 Å². The highest BCUT2D eigenvalue weighted by molar-refractivity contribution is 5.80. The number of carbonyl (C=O) groups excluding carboxylic acids is 1. The number of aryl methyl sites for hydroxylation is 3. The van der Waals surface area contributed by atoms with Crippen LogP contribution in [-0.4, -0.2) is 30.2 Å². The summed E-state index contributed by atoms with van der Waals surface area (Å²) in [5.41, 5.74) is 10.2. The Bertz CT molecular complexity index is 430. The molecule has 0 aliphatic carbocycles. The lowest BCUT2D eigenvalue weighted by Crippen LogP contribution is -2.40. The van der Waals surface area contributed by atoms with Crippen molar-refractivity contribution in [2.24, 2.45) is 5.73 Å². The van der Waals surface area contributed by atoms with Gasteiger partial charge in [0.15, 0.2) is 0 Å². The molecule has 18 heavy (non-hydrogen) atoms. The molecule has 4 nitrogen and oxygen atoms in total. The van der Waals surface area contributed by atoms with E-state index in [0.29, 0.717) is 6.54 Å². The first kappa shape index (κ1) is 14.7. The summed E-state index contributed by atoms with van der Waals surface area (Å²) in [6, 6.07) is 4.30. The van der Waals surface area contributed by atoms with Gasteiger partial charge in [0.1, 0.15) is 6.10 Å². The SMILES string of the molecule is Cc1cc(C)c(CCNC(=O)C(O)CN)cc1C. The van der Waals surface area contributed by atoms with E-state index in [9.17, 15) is 9.90 Å². The largest absolute Gasteiger partial charge is 0.382 e. The molecule has 100 valence electrons. The topological polar surface area (TPSA) is 75.3 Å². The van der Waals surface area contributed by atoms with E-state index in [1.54, 1.807) is 0 Å². The maximum absolute atomic E-state index is 11.3. The number of nitrogens with two attached hydrogens (primary N) is 1. The molecule has 0 aliphatic rings. The molecule has 0 heterocycles. The molecule has 1 unspecified atom stereocenters. The maximum atomic E-state index is 11.3. The Morgan fingerprint density at radius 3 is 2.50 bits per heavy atom.